The molecule has 5 aromatic rings. The summed E-state index contributed by atoms with van der Waals surface area (Å²) in [6.45, 7) is 8.85. The van der Waals surface area contributed by atoms with Crippen molar-refractivity contribution < 1.29 is 4.74 Å². The SMILES string of the molecule is CCc1ccc(-c2cc(-c3ccc(-c4ccc(OC)cc4)cc3N)cc(-c3ccc(CC)cc3CC)n2)c(CC)c1. The van der Waals surface area contributed by atoms with E-state index in [1.165, 1.54) is 33.4 Å². The molecule has 0 spiro atoms. The number of rotatable bonds is 9. The fourth-order valence-corrected chi connectivity index (χ4v) is 5.57. The van der Waals surface area contributed by atoms with Crippen molar-refractivity contribution in [3.05, 3.63) is 113 Å². The Kier molecular flexibility index (Phi) is 8.54. The van der Waals surface area contributed by atoms with Crippen LogP contribution in [-0.4, -0.2) is 12.1 Å². The Morgan fingerprint density at radius 1 is 0.537 bits per heavy atom. The van der Waals surface area contributed by atoms with Gasteiger partial charge in [-0.15, -0.1) is 0 Å². The average molecular weight is 541 g/mol. The summed E-state index contributed by atoms with van der Waals surface area (Å²) in [5.74, 6) is 0.840. The van der Waals surface area contributed by atoms with Crippen LogP contribution in [0, 0.1) is 0 Å². The molecule has 0 atom stereocenters. The van der Waals surface area contributed by atoms with Crippen LogP contribution in [0.4, 0.5) is 5.69 Å². The molecule has 0 fully saturated rings. The van der Waals surface area contributed by atoms with Gasteiger partial charge in [-0.05, 0) is 95.0 Å². The van der Waals surface area contributed by atoms with E-state index in [1.807, 2.05) is 12.1 Å². The van der Waals surface area contributed by atoms with Gasteiger partial charge in [-0.25, -0.2) is 4.98 Å². The maximum Gasteiger partial charge on any atom is 0.118 e. The van der Waals surface area contributed by atoms with Crippen molar-refractivity contribution in [3.63, 3.8) is 0 Å². The number of nitrogen functional groups attached to an aromatic ring is 1. The van der Waals surface area contributed by atoms with Crippen molar-refractivity contribution in [1.29, 1.82) is 0 Å². The van der Waals surface area contributed by atoms with Gasteiger partial charge < -0.3 is 10.5 Å². The van der Waals surface area contributed by atoms with Crippen LogP contribution >= 0.6 is 0 Å². The first kappa shape index (κ1) is 28.2. The molecule has 1 heterocycles. The summed E-state index contributed by atoms with van der Waals surface area (Å²) >= 11 is 0. The zero-order valence-corrected chi connectivity index (χ0v) is 24.9. The predicted octanol–water partition coefficient (Wildman–Crippen LogP) is 9.59. The third-order valence-electron chi connectivity index (χ3n) is 8.08. The van der Waals surface area contributed by atoms with Crippen molar-refractivity contribution in [3.8, 4) is 50.5 Å². The lowest BCUT2D eigenvalue weighted by molar-refractivity contribution is 0.415. The summed E-state index contributed by atoms with van der Waals surface area (Å²) < 4.78 is 5.33. The molecule has 0 unspecified atom stereocenters. The molecular weight excluding hydrogens is 500 g/mol. The van der Waals surface area contributed by atoms with Gasteiger partial charge in [0.2, 0.25) is 0 Å². The van der Waals surface area contributed by atoms with Crippen LogP contribution in [0.25, 0.3) is 44.8 Å². The lowest BCUT2D eigenvalue weighted by atomic mass is 9.92. The second-order valence-corrected chi connectivity index (χ2v) is 10.6. The molecule has 0 saturated carbocycles. The molecule has 41 heavy (non-hydrogen) atoms. The minimum atomic E-state index is 0.746. The fraction of sp³-hybridized carbons (Fsp3) is 0.237. The minimum absolute atomic E-state index is 0.746. The van der Waals surface area contributed by atoms with Crippen molar-refractivity contribution in [2.45, 2.75) is 53.4 Å². The van der Waals surface area contributed by atoms with E-state index in [0.29, 0.717) is 0 Å². The molecule has 0 saturated heterocycles. The molecule has 5 rings (SSSR count). The molecule has 208 valence electrons. The Bertz CT molecular complexity index is 1590. The van der Waals surface area contributed by atoms with Crippen LogP contribution in [0.15, 0.2) is 91.0 Å². The normalized spacial score (nSPS) is 11.0. The molecule has 2 N–H and O–H groups in total. The van der Waals surface area contributed by atoms with Gasteiger partial charge >= 0.3 is 0 Å². The van der Waals surface area contributed by atoms with E-state index >= 15 is 0 Å². The summed E-state index contributed by atoms with van der Waals surface area (Å²) in [5, 5.41) is 0. The molecule has 3 nitrogen and oxygen atoms in total. The Balaban J connectivity index is 1.68. The van der Waals surface area contributed by atoms with Crippen LogP contribution in [0.3, 0.4) is 0 Å². The fourth-order valence-electron chi connectivity index (χ4n) is 5.57. The number of hydrogen-bond donors (Lipinski definition) is 1. The first-order chi connectivity index (χ1) is 20.0. The number of methoxy groups -OCH3 is 1. The van der Waals surface area contributed by atoms with E-state index in [4.69, 9.17) is 15.5 Å². The standard InChI is InChI=1S/C38H40N2O/c1-6-25-10-17-34(27(8-3)20-25)37-23-31(24-38(40-37)35-18-11-26(7-2)21-28(35)9-4)33-19-14-30(22-36(33)39)29-12-15-32(41-5)16-13-29/h10-24H,6-9,39H2,1-5H3. The average Bonchev–Trinajstić information content (AvgIpc) is 3.03. The summed E-state index contributed by atoms with van der Waals surface area (Å²) in [4.78, 5) is 5.29. The first-order valence-corrected chi connectivity index (χ1v) is 14.8. The lowest BCUT2D eigenvalue weighted by Crippen LogP contribution is -1.99. The number of nitrogens with two attached hydrogens (primary N) is 1. The number of aryl methyl sites for hydroxylation is 4. The van der Waals surface area contributed by atoms with Gasteiger partial charge in [-0.1, -0.05) is 88.4 Å². The topological polar surface area (TPSA) is 48.1 Å². The molecule has 0 bridgehead atoms. The van der Waals surface area contributed by atoms with Crippen molar-refractivity contribution in [1.82, 2.24) is 4.98 Å². The van der Waals surface area contributed by atoms with E-state index in [9.17, 15) is 0 Å². The lowest BCUT2D eigenvalue weighted by Gasteiger charge is -2.17. The maximum absolute atomic E-state index is 6.77. The van der Waals surface area contributed by atoms with E-state index < -0.39 is 0 Å². The molecule has 0 aliphatic rings. The largest absolute Gasteiger partial charge is 0.497 e. The highest BCUT2D eigenvalue weighted by Gasteiger charge is 2.15. The second-order valence-electron chi connectivity index (χ2n) is 10.6. The maximum atomic E-state index is 6.77. The first-order valence-electron chi connectivity index (χ1n) is 14.8. The summed E-state index contributed by atoms with van der Waals surface area (Å²) in [6.07, 6.45) is 3.95. The number of anilines is 1. The van der Waals surface area contributed by atoms with Gasteiger partial charge in [0.1, 0.15) is 5.75 Å². The number of benzene rings is 4. The van der Waals surface area contributed by atoms with Gasteiger partial charge in [0, 0.05) is 22.4 Å². The number of hydrogen-bond acceptors (Lipinski definition) is 3. The predicted molar refractivity (Wildman–Crippen MR) is 174 cm³/mol. The van der Waals surface area contributed by atoms with Crippen molar-refractivity contribution in [2.75, 3.05) is 12.8 Å². The number of ether oxygens (including phenoxy) is 1. The van der Waals surface area contributed by atoms with Crippen LogP contribution in [0.5, 0.6) is 5.75 Å². The molecule has 0 aliphatic carbocycles. The Hall–Kier alpha value is -4.37. The molecule has 1 aromatic heterocycles. The molecule has 0 aliphatic heterocycles. The summed E-state index contributed by atoms with van der Waals surface area (Å²) in [7, 11) is 1.68. The Labute approximate surface area is 245 Å². The van der Waals surface area contributed by atoms with Gasteiger partial charge in [-0.2, -0.15) is 0 Å². The summed E-state index contributed by atoms with van der Waals surface area (Å²) in [6, 6.07) is 32.4. The molecule has 0 radical (unpaired) electrons. The highest BCUT2D eigenvalue weighted by atomic mass is 16.5. The number of nitrogens with zero attached hydrogens (tertiary/aromatic N) is 1. The van der Waals surface area contributed by atoms with Gasteiger partial charge in [0.05, 0.1) is 18.5 Å². The van der Waals surface area contributed by atoms with Crippen LogP contribution in [0.2, 0.25) is 0 Å². The molecule has 4 aromatic carbocycles. The zero-order chi connectivity index (χ0) is 28.9. The third-order valence-corrected chi connectivity index (χ3v) is 8.08. The number of aromatic nitrogens is 1. The van der Waals surface area contributed by atoms with Crippen molar-refractivity contribution in [2.24, 2.45) is 0 Å². The zero-order valence-electron chi connectivity index (χ0n) is 24.9. The highest BCUT2D eigenvalue weighted by Crippen LogP contribution is 2.37. The summed E-state index contributed by atoms with van der Waals surface area (Å²) in [5.41, 5.74) is 21.5. The van der Waals surface area contributed by atoms with E-state index in [2.05, 4.69) is 107 Å². The highest BCUT2D eigenvalue weighted by molar-refractivity contribution is 5.86. The second kappa shape index (κ2) is 12.4. The van der Waals surface area contributed by atoms with E-state index in [-0.39, 0.29) is 0 Å². The van der Waals surface area contributed by atoms with Crippen LogP contribution in [-0.2, 0) is 25.7 Å². The smallest absolute Gasteiger partial charge is 0.118 e. The van der Waals surface area contributed by atoms with E-state index in [1.54, 1.807) is 7.11 Å². The van der Waals surface area contributed by atoms with Crippen LogP contribution in [0.1, 0.15) is 49.9 Å². The van der Waals surface area contributed by atoms with E-state index in [0.717, 1.165) is 70.8 Å². The van der Waals surface area contributed by atoms with Crippen molar-refractivity contribution >= 4 is 5.69 Å². The molecule has 3 heteroatoms. The molecular formula is C38H40N2O. The monoisotopic (exact) mass is 540 g/mol. The molecule has 0 amide bonds. The number of pyridine rings is 1. The van der Waals surface area contributed by atoms with Gasteiger partial charge in [-0.3, -0.25) is 0 Å². The Morgan fingerprint density at radius 2 is 1.05 bits per heavy atom. The minimum Gasteiger partial charge on any atom is -0.497 e. The van der Waals surface area contributed by atoms with Gasteiger partial charge in [0.25, 0.3) is 0 Å². The quantitative estimate of drug-likeness (QED) is 0.189. The van der Waals surface area contributed by atoms with Gasteiger partial charge in [0.15, 0.2) is 0 Å². The third kappa shape index (κ3) is 5.90. The Morgan fingerprint density at radius 3 is 1.51 bits per heavy atom. The van der Waals surface area contributed by atoms with Crippen LogP contribution < -0.4 is 10.5 Å².